The van der Waals surface area contributed by atoms with Gasteiger partial charge in [0.15, 0.2) is 0 Å². The average Bonchev–Trinajstić information content (AvgIpc) is 2.61. The van der Waals surface area contributed by atoms with Crippen molar-refractivity contribution in [2.75, 3.05) is 24.5 Å². The Hall–Kier alpha value is -1.06. The van der Waals surface area contributed by atoms with E-state index in [1.807, 2.05) is 0 Å². The molecule has 0 spiro atoms. The number of rotatable bonds is 0. The van der Waals surface area contributed by atoms with Gasteiger partial charge in [-0.3, -0.25) is 5.32 Å². The number of anilines is 1. The molecule has 2 aliphatic rings. The van der Waals surface area contributed by atoms with Crippen LogP contribution in [0.5, 0.6) is 0 Å². The molecule has 3 nitrogen and oxygen atoms in total. The van der Waals surface area contributed by atoms with Gasteiger partial charge in [-0.25, -0.2) is 0 Å². The molecule has 3 rings (SSSR count). The lowest BCUT2D eigenvalue weighted by Gasteiger charge is -2.24. The van der Waals surface area contributed by atoms with E-state index in [1.165, 1.54) is 11.3 Å². The molecule has 14 heavy (non-hydrogen) atoms. The summed E-state index contributed by atoms with van der Waals surface area (Å²) < 4.78 is 0. The molecule has 3 heteroatoms. The van der Waals surface area contributed by atoms with Crippen molar-refractivity contribution in [3.05, 3.63) is 29.8 Å². The summed E-state index contributed by atoms with van der Waals surface area (Å²) in [5.74, 6) is 0. The Morgan fingerprint density at radius 2 is 2.21 bits per heavy atom. The molecule has 0 aliphatic carbocycles. The maximum atomic E-state index is 3.50. The molecule has 1 atom stereocenters. The van der Waals surface area contributed by atoms with Crippen molar-refractivity contribution >= 4 is 5.69 Å². The summed E-state index contributed by atoms with van der Waals surface area (Å²) in [5, 5.41) is 6.97. The van der Waals surface area contributed by atoms with Gasteiger partial charge in [0.2, 0.25) is 0 Å². The van der Waals surface area contributed by atoms with Crippen molar-refractivity contribution < 1.29 is 0 Å². The first-order valence-electron chi connectivity index (χ1n) is 5.24. The molecule has 1 aromatic carbocycles. The lowest BCUT2D eigenvalue weighted by Crippen LogP contribution is -2.41. The van der Waals surface area contributed by atoms with E-state index >= 15 is 0 Å². The highest BCUT2D eigenvalue weighted by molar-refractivity contribution is 5.55. The number of nitrogens with zero attached hydrogens (tertiary/aromatic N) is 1. The van der Waals surface area contributed by atoms with Crippen LogP contribution in [0.1, 0.15) is 5.56 Å². The van der Waals surface area contributed by atoms with Crippen LogP contribution in [-0.2, 0) is 6.54 Å². The number of benzene rings is 1. The minimum absolute atomic E-state index is 0.485. The zero-order valence-corrected chi connectivity index (χ0v) is 8.16. The molecule has 0 radical (unpaired) electrons. The highest BCUT2D eigenvalue weighted by Gasteiger charge is 2.27. The van der Waals surface area contributed by atoms with Crippen LogP contribution >= 0.6 is 0 Å². The van der Waals surface area contributed by atoms with Crippen molar-refractivity contribution in [2.24, 2.45) is 0 Å². The van der Waals surface area contributed by atoms with E-state index in [0.717, 1.165) is 26.2 Å². The van der Waals surface area contributed by atoms with Gasteiger partial charge in [0.05, 0.1) is 6.17 Å². The summed E-state index contributed by atoms with van der Waals surface area (Å²) >= 11 is 0. The predicted octanol–water partition coefficient (Wildman–Crippen LogP) is 0.525. The first-order chi connectivity index (χ1) is 6.95. The lowest BCUT2D eigenvalue weighted by molar-refractivity contribution is 0.552. The molecule has 2 N–H and O–H groups in total. The van der Waals surface area contributed by atoms with Gasteiger partial charge < -0.3 is 10.2 Å². The summed E-state index contributed by atoms with van der Waals surface area (Å²) in [6.07, 6.45) is 0.485. The Kier molecular flexibility index (Phi) is 1.92. The lowest BCUT2D eigenvalue weighted by atomic mass is 10.1. The Morgan fingerprint density at radius 3 is 3.21 bits per heavy atom. The van der Waals surface area contributed by atoms with Crippen molar-refractivity contribution in [1.82, 2.24) is 10.6 Å². The summed E-state index contributed by atoms with van der Waals surface area (Å²) in [4.78, 5) is 2.47. The van der Waals surface area contributed by atoms with Gasteiger partial charge in [0, 0.05) is 31.9 Å². The smallest absolute Gasteiger partial charge is 0.0923 e. The van der Waals surface area contributed by atoms with E-state index in [1.54, 1.807) is 0 Å². The summed E-state index contributed by atoms with van der Waals surface area (Å²) in [6.45, 7) is 4.25. The zero-order chi connectivity index (χ0) is 9.38. The monoisotopic (exact) mass is 189 g/mol. The van der Waals surface area contributed by atoms with Gasteiger partial charge in [-0.2, -0.15) is 0 Å². The predicted molar refractivity (Wildman–Crippen MR) is 57.3 cm³/mol. The molecule has 1 unspecified atom stereocenters. The normalized spacial score (nSPS) is 25.4. The quantitative estimate of drug-likeness (QED) is 0.623. The van der Waals surface area contributed by atoms with E-state index in [-0.39, 0.29) is 0 Å². The molecule has 0 aromatic heterocycles. The number of para-hydroxylation sites is 1. The molecule has 2 aliphatic heterocycles. The first-order valence-corrected chi connectivity index (χ1v) is 5.24. The fourth-order valence-electron chi connectivity index (χ4n) is 2.37. The Balaban J connectivity index is 2.04. The van der Waals surface area contributed by atoms with Gasteiger partial charge in [-0.1, -0.05) is 18.2 Å². The second-order valence-electron chi connectivity index (χ2n) is 3.92. The second kappa shape index (κ2) is 3.26. The minimum atomic E-state index is 0.485. The Morgan fingerprint density at radius 1 is 1.29 bits per heavy atom. The van der Waals surface area contributed by atoms with Crippen LogP contribution in [0, 0.1) is 0 Å². The van der Waals surface area contributed by atoms with E-state index in [2.05, 4.69) is 39.8 Å². The van der Waals surface area contributed by atoms with Crippen molar-refractivity contribution in [3.63, 3.8) is 0 Å². The zero-order valence-electron chi connectivity index (χ0n) is 8.16. The molecule has 2 heterocycles. The highest BCUT2D eigenvalue weighted by Crippen LogP contribution is 2.25. The SMILES string of the molecule is c1ccc2c(c1)CNCC1NCCN21. The summed E-state index contributed by atoms with van der Waals surface area (Å²) in [7, 11) is 0. The third kappa shape index (κ3) is 1.21. The fraction of sp³-hybridized carbons (Fsp3) is 0.455. The fourth-order valence-corrected chi connectivity index (χ4v) is 2.37. The van der Waals surface area contributed by atoms with Crippen LogP contribution in [0.2, 0.25) is 0 Å². The van der Waals surface area contributed by atoms with E-state index in [9.17, 15) is 0 Å². The van der Waals surface area contributed by atoms with E-state index in [4.69, 9.17) is 0 Å². The molecule has 74 valence electrons. The Labute approximate surface area is 84.1 Å². The average molecular weight is 189 g/mol. The third-order valence-corrected chi connectivity index (χ3v) is 3.06. The Bertz CT molecular complexity index is 337. The topological polar surface area (TPSA) is 27.3 Å². The molecular formula is C11H15N3. The van der Waals surface area contributed by atoms with Gasteiger partial charge in [0.25, 0.3) is 0 Å². The molecule has 0 saturated carbocycles. The van der Waals surface area contributed by atoms with E-state index in [0.29, 0.717) is 6.17 Å². The van der Waals surface area contributed by atoms with Crippen LogP contribution in [0.3, 0.4) is 0 Å². The van der Waals surface area contributed by atoms with Crippen molar-refractivity contribution in [1.29, 1.82) is 0 Å². The number of hydrogen-bond donors (Lipinski definition) is 2. The largest absolute Gasteiger partial charge is 0.353 e. The van der Waals surface area contributed by atoms with Crippen LogP contribution in [0.15, 0.2) is 24.3 Å². The van der Waals surface area contributed by atoms with Crippen molar-refractivity contribution in [3.8, 4) is 0 Å². The summed E-state index contributed by atoms with van der Waals surface area (Å²) in [6, 6.07) is 8.68. The molecule has 1 aromatic rings. The summed E-state index contributed by atoms with van der Waals surface area (Å²) in [5.41, 5.74) is 2.81. The van der Waals surface area contributed by atoms with Crippen LogP contribution in [-0.4, -0.2) is 25.8 Å². The second-order valence-corrected chi connectivity index (χ2v) is 3.92. The number of hydrogen-bond acceptors (Lipinski definition) is 3. The molecule has 1 saturated heterocycles. The van der Waals surface area contributed by atoms with Crippen LogP contribution in [0.4, 0.5) is 5.69 Å². The van der Waals surface area contributed by atoms with Crippen molar-refractivity contribution in [2.45, 2.75) is 12.7 Å². The molecule has 0 bridgehead atoms. The highest BCUT2D eigenvalue weighted by atomic mass is 15.3. The van der Waals surface area contributed by atoms with Crippen LogP contribution in [0.25, 0.3) is 0 Å². The van der Waals surface area contributed by atoms with Gasteiger partial charge in [-0.05, 0) is 11.6 Å². The molecule has 0 amide bonds. The first kappa shape index (κ1) is 8.26. The maximum Gasteiger partial charge on any atom is 0.0923 e. The standard InChI is InChI=1S/C11H15N3/c1-2-4-10-9(3-1)7-12-8-11-13-5-6-14(10)11/h1-4,11-13H,5-8H2. The minimum Gasteiger partial charge on any atom is -0.353 e. The molecular weight excluding hydrogens is 174 g/mol. The number of fused-ring (bicyclic) bond motifs is 3. The third-order valence-electron chi connectivity index (χ3n) is 3.06. The van der Waals surface area contributed by atoms with Gasteiger partial charge in [-0.15, -0.1) is 0 Å². The van der Waals surface area contributed by atoms with E-state index < -0.39 is 0 Å². The maximum absolute atomic E-state index is 3.50. The van der Waals surface area contributed by atoms with Gasteiger partial charge >= 0.3 is 0 Å². The molecule has 1 fully saturated rings. The van der Waals surface area contributed by atoms with Gasteiger partial charge in [0.1, 0.15) is 0 Å². The number of nitrogens with one attached hydrogen (secondary N) is 2. The van der Waals surface area contributed by atoms with Crippen LogP contribution < -0.4 is 15.5 Å².